The number of pyridine rings is 2. The van der Waals surface area contributed by atoms with Gasteiger partial charge in [-0.1, -0.05) is 11.6 Å². The van der Waals surface area contributed by atoms with E-state index in [9.17, 15) is 9.59 Å². The van der Waals surface area contributed by atoms with E-state index in [1.165, 1.54) is 5.69 Å². The third-order valence-corrected chi connectivity index (χ3v) is 8.35. The molecule has 12 nitrogen and oxygen atoms in total. The van der Waals surface area contributed by atoms with E-state index in [1.54, 1.807) is 12.4 Å². The molecule has 0 spiro atoms. The number of hydrogen-bond acceptors (Lipinski definition) is 8. The van der Waals surface area contributed by atoms with E-state index in [1.807, 2.05) is 60.0 Å². The number of nitrogens with one attached hydrogen (secondary N) is 4. The molecule has 4 aromatic rings. The summed E-state index contributed by atoms with van der Waals surface area (Å²) in [5.41, 5.74) is 3.07. The topological polar surface area (TPSA) is 140 Å². The molecule has 0 unspecified atom stereocenters. The molecule has 6 rings (SSSR count). The van der Waals surface area contributed by atoms with Crippen LogP contribution in [0, 0.1) is 0 Å². The van der Waals surface area contributed by atoms with Crippen LogP contribution in [0.2, 0.25) is 5.02 Å². The maximum Gasteiger partial charge on any atom is 0.407 e. The number of ether oxygens (including phenoxy) is 2. The van der Waals surface area contributed by atoms with Crippen molar-refractivity contribution in [3.05, 3.63) is 48.0 Å². The van der Waals surface area contributed by atoms with Gasteiger partial charge < -0.3 is 39.9 Å². The Kier molecular flexibility index (Phi) is 10.4. The number of aromatic amines is 2. The van der Waals surface area contributed by atoms with Gasteiger partial charge in [-0.3, -0.25) is 0 Å². The number of amides is 2. The van der Waals surface area contributed by atoms with E-state index >= 15 is 0 Å². The van der Waals surface area contributed by atoms with Gasteiger partial charge in [0.1, 0.15) is 22.5 Å². The van der Waals surface area contributed by atoms with Gasteiger partial charge in [0.25, 0.3) is 0 Å². The lowest BCUT2D eigenvalue weighted by Gasteiger charge is -2.34. The van der Waals surface area contributed by atoms with Crippen LogP contribution in [-0.2, 0) is 9.47 Å². The normalized spacial score (nSPS) is 16.5. The Morgan fingerprint density at radius 2 is 1.26 bits per heavy atom. The molecule has 0 bridgehead atoms. The quantitative estimate of drug-likeness (QED) is 0.187. The van der Waals surface area contributed by atoms with E-state index in [-0.39, 0.29) is 24.3 Å². The molecule has 2 amide bonds. The molecule has 254 valence electrons. The molecule has 0 radical (unpaired) electrons. The molecule has 2 saturated heterocycles. The predicted molar refractivity (Wildman–Crippen MR) is 186 cm³/mol. The number of rotatable bonds is 4. The number of piperidine rings is 2. The van der Waals surface area contributed by atoms with Crippen LogP contribution in [0.3, 0.4) is 0 Å². The van der Waals surface area contributed by atoms with Crippen molar-refractivity contribution < 1.29 is 19.1 Å². The van der Waals surface area contributed by atoms with Crippen molar-refractivity contribution in [2.45, 2.75) is 90.5 Å². The second-order valence-corrected chi connectivity index (χ2v) is 14.5. The SMILES string of the molecule is CC(C)(C)OC(=O)NC1CCN(c2ccnc3[nH]cc(Cl)c23)CC1.CC(C)(C)OC(=O)NC1CCN(c2ccnc3[nH]ccc23)CC1. The molecule has 4 N–H and O–H groups in total. The largest absolute Gasteiger partial charge is 0.444 e. The number of aromatic nitrogens is 4. The first-order chi connectivity index (χ1) is 22.3. The van der Waals surface area contributed by atoms with Crippen molar-refractivity contribution in [3.8, 4) is 0 Å². The molecule has 0 saturated carbocycles. The highest BCUT2D eigenvalue weighted by Gasteiger charge is 2.26. The summed E-state index contributed by atoms with van der Waals surface area (Å²) >= 11 is 6.28. The van der Waals surface area contributed by atoms with E-state index < -0.39 is 11.2 Å². The molecule has 0 aromatic carbocycles. The summed E-state index contributed by atoms with van der Waals surface area (Å²) in [4.78, 5) is 43.2. The summed E-state index contributed by atoms with van der Waals surface area (Å²) in [5, 5.41) is 8.72. The minimum Gasteiger partial charge on any atom is -0.444 e. The maximum atomic E-state index is 11.9. The van der Waals surface area contributed by atoms with Crippen LogP contribution in [0.15, 0.2) is 43.0 Å². The first-order valence-corrected chi connectivity index (χ1v) is 16.7. The molecule has 47 heavy (non-hydrogen) atoms. The van der Waals surface area contributed by atoms with E-state index in [2.05, 4.69) is 52.5 Å². The van der Waals surface area contributed by atoms with Crippen molar-refractivity contribution in [1.29, 1.82) is 0 Å². The number of nitrogens with zero attached hydrogens (tertiary/aromatic N) is 4. The average Bonchev–Trinajstić information content (AvgIpc) is 3.63. The Hall–Kier alpha value is -4.19. The highest BCUT2D eigenvalue weighted by molar-refractivity contribution is 6.36. The van der Waals surface area contributed by atoms with E-state index in [0.29, 0.717) is 5.02 Å². The van der Waals surface area contributed by atoms with Gasteiger partial charge in [-0.15, -0.1) is 0 Å². The second-order valence-electron chi connectivity index (χ2n) is 14.1. The number of fused-ring (bicyclic) bond motifs is 2. The lowest BCUT2D eigenvalue weighted by atomic mass is 10.0. The van der Waals surface area contributed by atoms with Crippen LogP contribution in [0.1, 0.15) is 67.2 Å². The monoisotopic (exact) mass is 666 g/mol. The Labute approximate surface area is 280 Å². The van der Waals surface area contributed by atoms with Crippen LogP contribution in [0.4, 0.5) is 21.0 Å². The van der Waals surface area contributed by atoms with Gasteiger partial charge in [-0.2, -0.15) is 0 Å². The molecular weight excluding hydrogens is 620 g/mol. The molecular formula is C34H47ClN8O4. The molecule has 0 atom stereocenters. The Balaban J connectivity index is 0.000000185. The third kappa shape index (κ3) is 9.21. The van der Waals surface area contributed by atoms with Gasteiger partial charge in [0.05, 0.1) is 16.1 Å². The van der Waals surface area contributed by atoms with Crippen molar-refractivity contribution in [3.63, 3.8) is 0 Å². The van der Waals surface area contributed by atoms with Crippen molar-refractivity contribution >= 4 is 57.2 Å². The minimum atomic E-state index is -0.474. The zero-order valence-electron chi connectivity index (χ0n) is 28.2. The van der Waals surface area contributed by atoms with Gasteiger partial charge in [0, 0.05) is 74.1 Å². The first-order valence-electron chi connectivity index (χ1n) is 16.3. The molecule has 6 heterocycles. The van der Waals surface area contributed by atoms with Gasteiger partial charge in [0.2, 0.25) is 0 Å². The van der Waals surface area contributed by atoms with Gasteiger partial charge in [-0.05, 0) is 85.4 Å². The van der Waals surface area contributed by atoms with Crippen LogP contribution < -0.4 is 20.4 Å². The number of halogens is 1. The summed E-state index contributed by atoms with van der Waals surface area (Å²) in [5.74, 6) is 0. The zero-order valence-corrected chi connectivity index (χ0v) is 28.9. The number of carbonyl (C=O) groups excluding carboxylic acids is 2. The fourth-order valence-corrected chi connectivity index (χ4v) is 6.20. The number of anilines is 2. The molecule has 13 heteroatoms. The number of carbonyl (C=O) groups is 2. The van der Waals surface area contributed by atoms with Crippen molar-refractivity contribution in [2.24, 2.45) is 0 Å². The van der Waals surface area contributed by atoms with Gasteiger partial charge in [-0.25, -0.2) is 19.6 Å². The summed E-state index contributed by atoms with van der Waals surface area (Å²) < 4.78 is 10.6. The fraction of sp³-hybridized carbons (Fsp3) is 0.529. The molecule has 2 aliphatic heterocycles. The summed E-state index contributed by atoms with van der Waals surface area (Å²) in [6, 6.07) is 6.41. The summed E-state index contributed by atoms with van der Waals surface area (Å²) in [6.45, 7) is 14.7. The number of alkyl carbamates (subject to hydrolysis) is 2. The Morgan fingerprint density at radius 1 is 0.766 bits per heavy atom. The number of H-pyrrole nitrogens is 2. The zero-order chi connectivity index (χ0) is 33.8. The third-order valence-electron chi connectivity index (χ3n) is 8.05. The van der Waals surface area contributed by atoms with Crippen LogP contribution in [0.25, 0.3) is 22.1 Å². The van der Waals surface area contributed by atoms with Gasteiger partial charge >= 0.3 is 12.2 Å². The van der Waals surface area contributed by atoms with Crippen molar-refractivity contribution in [1.82, 2.24) is 30.6 Å². The number of hydrogen-bond donors (Lipinski definition) is 4. The maximum absolute atomic E-state index is 11.9. The van der Waals surface area contributed by atoms with Crippen LogP contribution >= 0.6 is 11.6 Å². The molecule has 0 aliphatic carbocycles. The summed E-state index contributed by atoms with van der Waals surface area (Å²) in [6.07, 6.45) is 10.2. The Morgan fingerprint density at radius 3 is 1.79 bits per heavy atom. The van der Waals surface area contributed by atoms with E-state index in [4.69, 9.17) is 21.1 Å². The molecule has 2 fully saturated rings. The first kappa shape index (κ1) is 34.2. The highest BCUT2D eigenvalue weighted by atomic mass is 35.5. The molecule has 4 aromatic heterocycles. The van der Waals surface area contributed by atoms with Gasteiger partial charge in [0.15, 0.2) is 0 Å². The van der Waals surface area contributed by atoms with Crippen LogP contribution in [0.5, 0.6) is 0 Å². The lowest BCUT2D eigenvalue weighted by molar-refractivity contribution is 0.0485. The minimum absolute atomic E-state index is 0.134. The second kappa shape index (κ2) is 14.3. The smallest absolute Gasteiger partial charge is 0.407 e. The van der Waals surface area contributed by atoms with Crippen molar-refractivity contribution in [2.75, 3.05) is 36.0 Å². The highest BCUT2D eigenvalue weighted by Crippen LogP contribution is 2.33. The lowest BCUT2D eigenvalue weighted by Crippen LogP contribution is -2.46. The van der Waals surface area contributed by atoms with E-state index in [0.717, 1.165) is 79.6 Å². The predicted octanol–water partition coefficient (Wildman–Crippen LogP) is 6.77. The molecule has 2 aliphatic rings. The Bertz CT molecular complexity index is 1660. The summed E-state index contributed by atoms with van der Waals surface area (Å²) in [7, 11) is 0. The van der Waals surface area contributed by atoms with Crippen LogP contribution in [-0.4, -0.2) is 81.6 Å². The standard InChI is InChI=1S/C17H23ClN4O2.C17H24N4O2/c1-17(2,3)24-16(23)21-11-5-8-22(9-6-11)13-4-7-19-15-14(13)12(18)10-20-15;1-17(2,3)23-16(22)20-12-6-10-21(11-7-12)14-5-9-19-15-13(14)4-8-18-15/h4,7,10-11H,5-6,8-9H2,1-3H3,(H,19,20)(H,21,23);4-5,8-9,12H,6-7,10-11H2,1-3H3,(H,18,19)(H,20,22). The fourth-order valence-electron chi connectivity index (χ4n) is 5.96. The average molecular weight is 667 g/mol.